The summed E-state index contributed by atoms with van der Waals surface area (Å²) in [4.78, 5) is 12.4. The van der Waals surface area contributed by atoms with Crippen LogP contribution in [-0.2, 0) is 10.2 Å². The number of hydrogen-bond acceptors (Lipinski definition) is 5. The highest BCUT2D eigenvalue weighted by atomic mass is 79.9. The molecule has 0 saturated heterocycles. The molecule has 1 amide bonds. The minimum atomic E-state index is -0.774. The molecule has 1 N–H and O–H groups in total. The summed E-state index contributed by atoms with van der Waals surface area (Å²) in [5.74, 6) is 1.48. The predicted octanol–water partition coefficient (Wildman–Crippen LogP) is 4.05. The topological polar surface area (TPSA) is 69.2 Å². The molecule has 2 aromatic carbocycles. The summed E-state index contributed by atoms with van der Waals surface area (Å²) in [5.41, 5.74) is 4.32. The van der Waals surface area contributed by atoms with E-state index in [9.17, 15) is 4.79 Å². The zero-order valence-corrected chi connectivity index (χ0v) is 17.9. The lowest BCUT2D eigenvalue weighted by molar-refractivity contribution is -0.130. The molecule has 3 rings (SSSR count). The van der Waals surface area contributed by atoms with Crippen LogP contribution in [0.25, 0.3) is 0 Å². The molecule has 28 heavy (non-hydrogen) atoms. The van der Waals surface area contributed by atoms with Crippen LogP contribution in [-0.4, -0.2) is 31.9 Å². The molecular weight excluding hydrogens is 424 g/mol. The number of benzene rings is 2. The summed E-state index contributed by atoms with van der Waals surface area (Å²) >= 11 is 3.40. The molecule has 0 fully saturated rings. The maximum atomic E-state index is 12.4. The summed E-state index contributed by atoms with van der Waals surface area (Å²) in [6.45, 7) is 6.48. The highest BCUT2D eigenvalue weighted by molar-refractivity contribution is 9.10. The molecule has 1 aliphatic rings. The fourth-order valence-corrected chi connectivity index (χ4v) is 3.09. The van der Waals surface area contributed by atoms with E-state index in [1.165, 1.54) is 6.21 Å². The summed E-state index contributed by atoms with van der Waals surface area (Å²) in [7, 11) is 1.58. The lowest BCUT2D eigenvalue weighted by Crippen LogP contribution is -2.42. The molecule has 0 aliphatic carbocycles. The van der Waals surface area contributed by atoms with Gasteiger partial charge in [0.05, 0.1) is 13.3 Å². The zero-order valence-electron chi connectivity index (χ0n) is 16.3. The number of nitrogens with one attached hydrogen (secondary N) is 1. The third-order valence-corrected chi connectivity index (χ3v) is 4.82. The quantitative estimate of drug-likeness (QED) is 0.568. The second-order valence-electron chi connectivity index (χ2n) is 7.45. The standard InChI is InChI=1S/C21H23BrN2O4/c1-21(2,3)14-5-7-17-18(10-14)28-19(12-27-17)20(25)24-23-11-13-9-15(22)6-8-16(13)26-4/h5-11,19H,12H2,1-4H3,(H,24,25)/b23-11+/t19-/m0/s1. The van der Waals surface area contributed by atoms with Crippen LogP contribution in [0.5, 0.6) is 17.2 Å². The third-order valence-electron chi connectivity index (χ3n) is 4.33. The van der Waals surface area contributed by atoms with Gasteiger partial charge >= 0.3 is 0 Å². The summed E-state index contributed by atoms with van der Waals surface area (Å²) in [6, 6.07) is 11.3. The SMILES string of the molecule is COc1ccc(Br)cc1/C=N/NC(=O)[C@@H]1COc2ccc(C(C)(C)C)cc2O1. The molecule has 0 spiro atoms. The number of nitrogens with zero attached hydrogens (tertiary/aromatic N) is 1. The van der Waals surface area contributed by atoms with E-state index in [4.69, 9.17) is 14.2 Å². The molecule has 0 unspecified atom stereocenters. The van der Waals surface area contributed by atoms with Crippen LogP contribution >= 0.6 is 15.9 Å². The number of amides is 1. The Kier molecular flexibility index (Phi) is 5.93. The molecule has 2 aromatic rings. The van der Waals surface area contributed by atoms with E-state index in [1.54, 1.807) is 7.11 Å². The maximum absolute atomic E-state index is 12.4. The Morgan fingerprint density at radius 1 is 1.25 bits per heavy atom. The van der Waals surface area contributed by atoms with Gasteiger partial charge in [-0.15, -0.1) is 0 Å². The molecule has 0 bridgehead atoms. The van der Waals surface area contributed by atoms with Crippen molar-refractivity contribution in [2.24, 2.45) is 5.10 Å². The van der Waals surface area contributed by atoms with Gasteiger partial charge in [-0.05, 0) is 41.3 Å². The molecule has 1 atom stereocenters. The van der Waals surface area contributed by atoms with Crippen LogP contribution in [0.4, 0.5) is 0 Å². The van der Waals surface area contributed by atoms with E-state index in [0.717, 1.165) is 15.6 Å². The Hall–Kier alpha value is -2.54. The first kappa shape index (κ1) is 20.2. The highest BCUT2D eigenvalue weighted by Gasteiger charge is 2.28. The van der Waals surface area contributed by atoms with Gasteiger partial charge in [0.1, 0.15) is 12.4 Å². The Bertz CT molecular complexity index is 906. The van der Waals surface area contributed by atoms with E-state index in [1.807, 2.05) is 36.4 Å². The molecule has 1 heterocycles. The van der Waals surface area contributed by atoms with Crippen LogP contribution in [0.15, 0.2) is 46.0 Å². The first-order valence-corrected chi connectivity index (χ1v) is 9.67. The second-order valence-corrected chi connectivity index (χ2v) is 8.37. The van der Waals surface area contributed by atoms with Gasteiger partial charge in [-0.25, -0.2) is 5.43 Å². The largest absolute Gasteiger partial charge is 0.496 e. The number of fused-ring (bicyclic) bond motifs is 1. The van der Waals surface area contributed by atoms with Gasteiger partial charge in [-0.1, -0.05) is 42.8 Å². The predicted molar refractivity (Wildman–Crippen MR) is 111 cm³/mol. The van der Waals surface area contributed by atoms with Crippen LogP contribution < -0.4 is 19.6 Å². The molecule has 0 radical (unpaired) electrons. The monoisotopic (exact) mass is 446 g/mol. The molecule has 148 valence electrons. The number of rotatable bonds is 4. The Morgan fingerprint density at radius 3 is 2.75 bits per heavy atom. The number of methoxy groups -OCH3 is 1. The number of ether oxygens (including phenoxy) is 3. The fraction of sp³-hybridized carbons (Fsp3) is 0.333. The average molecular weight is 447 g/mol. The van der Waals surface area contributed by atoms with Crippen molar-refractivity contribution >= 4 is 28.1 Å². The normalized spacial score (nSPS) is 16.1. The van der Waals surface area contributed by atoms with Crippen LogP contribution in [0.2, 0.25) is 0 Å². The van der Waals surface area contributed by atoms with E-state index in [-0.39, 0.29) is 17.9 Å². The van der Waals surface area contributed by atoms with Crippen LogP contribution in [0, 0.1) is 0 Å². The summed E-state index contributed by atoms with van der Waals surface area (Å²) in [6.07, 6.45) is 0.751. The van der Waals surface area contributed by atoms with Crippen molar-refractivity contribution < 1.29 is 19.0 Å². The van der Waals surface area contributed by atoms with E-state index in [0.29, 0.717) is 17.2 Å². The lowest BCUT2D eigenvalue weighted by Gasteiger charge is -2.27. The molecule has 0 saturated carbocycles. The Morgan fingerprint density at radius 2 is 2.04 bits per heavy atom. The van der Waals surface area contributed by atoms with Crippen molar-refractivity contribution in [1.82, 2.24) is 5.43 Å². The van der Waals surface area contributed by atoms with Gasteiger partial charge in [0.2, 0.25) is 6.10 Å². The van der Waals surface area contributed by atoms with Gasteiger partial charge in [-0.2, -0.15) is 5.10 Å². The summed E-state index contributed by atoms with van der Waals surface area (Å²) in [5, 5.41) is 4.02. The lowest BCUT2D eigenvalue weighted by atomic mass is 9.87. The van der Waals surface area contributed by atoms with Crippen LogP contribution in [0.1, 0.15) is 31.9 Å². The number of hydrogen-bond donors (Lipinski definition) is 1. The van der Waals surface area contributed by atoms with Crippen molar-refractivity contribution in [1.29, 1.82) is 0 Å². The van der Waals surface area contributed by atoms with Gasteiger partial charge in [0.25, 0.3) is 5.91 Å². The van der Waals surface area contributed by atoms with Crippen molar-refractivity contribution in [3.05, 3.63) is 52.0 Å². The van der Waals surface area contributed by atoms with Gasteiger partial charge in [-0.3, -0.25) is 4.79 Å². The molecule has 0 aromatic heterocycles. The van der Waals surface area contributed by atoms with Gasteiger partial charge in [0.15, 0.2) is 11.5 Å². The molecular formula is C21H23BrN2O4. The number of carbonyl (C=O) groups excluding carboxylic acids is 1. The fourth-order valence-electron chi connectivity index (χ4n) is 2.71. The Labute approximate surface area is 173 Å². The molecule has 6 nitrogen and oxygen atoms in total. The Balaban J connectivity index is 1.67. The second kappa shape index (κ2) is 8.22. The van der Waals surface area contributed by atoms with Crippen LogP contribution in [0.3, 0.4) is 0 Å². The van der Waals surface area contributed by atoms with Gasteiger partial charge < -0.3 is 14.2 Å². The number of carbonyl (C=O) groups is 1. The minimum Gasteiger partial charge on any atom is -0.496 e. The third kappa shape index (κ3) is 4.65. The van der Waals surface area contributed by atoms with E-state index in [2.05, 4.69) is 47.2 Å². The van der Waals surface area contributed by atoms with Crippen molar-refractivity contribution in [2.75, 3.05) is 13.7 Å². The van der Waals surface area contributed by atoms with E-state index >= 15 is 0 Å². The maximum Gasteiger partial charge on any atom is 0.284 e. The smallest absolute Gasteiger partial charge is 0.284 e. The van der Waals surface area contributed by atoms with Crippen molar-refractivity contribution in [3.63, 3.8) is 0 Å². The highest BCUT2D eigenvalue weighted by Crippen LogP contribution is 2.36. The minimum absolute atomic E-state index is 0.0269. The first-order valence-electron chi connectivity index (χ1n) is 8.88. The van der Waals surface area contributed by atoms with Crippen molar-refractivity contribution in [2.45, 2.75) is 32.3 Å². The number of halogens is 1. The zero-order chi connectivity index (χ0) is 20.3. The number of hydrazone groups is 1. The van der Waals surface area contributed by atoms with E-state index < -0.39 is 6.10 Å². The van der Waals surface area contributed by atoms with Gasteiger partial charge in [0, 0.05) is 10.0 Å². The summed E-state index contributed by atoms with van der Waals surface area (Å²) < 4.78 is 17.7. The first-order chi connectivity index (χ1) is 13.3. The molecule has 7 heteroatoms. The van der Waals surface area contributed by atoms with Crippen molar-refractivity contribution in [3.8, 4) is 17.2 Å². The molecule has 1 aliphatic heterocycles. The average Bonchev–Trinajstić information content (AvgIpc) is 2.66.